The van der Waals surface area contributed by atoms with Gasteiger partial charge in [0.25, 0.3) is 0 Å². The Balaban J connectivity index is 2.40. The van der Waals surface area contributed by atoms with Gasteiger partial charge < -0.3 is 5.32 Å². The minimum atomic E-state index is -2.99. The van der Waals surface area contributed by atoms with E-state index in [1.165, 1.54) is 11.1 Å². The summed E-state index contributed by atoms with van der Waals surface area (Å²) in [7, 11) is -2.99. The van der Waals surface area contributed by atoms with Crippen LogP contribution in [-0.2, 0) is 9.84 Å². The molecule has 0 saturated carbocycles. The zero-order valence-electron chi connectivity index (χ0n) is 13.4. The number of hydrogen-bond acceptors (Lipinski definition) is 3. The molecule has 1 saturated heterocycles. The molecule has 4 heteroatoms. The molecule has 118 valence electrons. The highest BCUT2D eigenvalue weighted by Crippen LogP contribution is 2.32. The second kappa shape index (κ2) is 6.93. The van der Waals surface area contributed by atoms with Gasteiger partial charge in [-0.3, -0.25) is 0 Å². The summed E-state index contributed by atoms with van der Waals surface area (Å²) in [6.07, 6.45) is 3.61. The van der Waals surface area contributed by atoms with Crippen LogP contribution in [0, 0.1) is 13.8 Å². The Hall–Kier alpha value is -0.870. The third kappa shape index (κ3) is 3.86. The standard InChI is InChI=1S/C17H27NO2S/c1-4-10-18-17(15-12-13(2)8-9-14(15)3)16-7-5-6-11-21(16,19)20/h8-9,12,16-18H,4-7,10-11H2,1-3H3. The predicted molar refractivity (Wildman–Crippen MR) is 88.4 cm³/mol. The highest BCUT2D eigenvalue weighted by atomic mass is 32.2. The normalized spacial score (nSPS) is 22.9. The third-order valence-corrected chi connectivity index (χ3v) is 6.67. The van der Waals surface area contributed by atoms with Crippen LogP contribution in [0.25, 0.3) is 0 Å². The lowest BCUT2D eigenvalue weighted by atomic mass is 9.94. The molecular formula is C17H27NO2S. The van der Waals surface area contributed by atoms with Crippen molar-refractivity contribution in [1.82, 2.24) is 5.32 Å². The Bertz CT molecular complexity index is 580. The fourth-order valence-corrected chi connectivity index (χ4v) is 5.28. The molecule has 0 radical (unpaired) electrons. The molecular weight excluding hydrogens is 282 g/mol. The van der Waals surface area contributed by atoms with Crippen LogP contribution in [-0.4, -0.2) is 26.0 Å². The molecule has 2 rings (SSSR count). The fourth-order valence-electron chi connectivity index (χ4n) is 3.19. The van der Waals surface area contributed by atoms with E-state index in [1.54, 1.807) is 0 Å². The van der Waals surface area contributed by atoms with Gasteiger partial charge in [0.05, 0.1) is 11.0 Å². The summed E-state index contributed by atoms with van der Waals surface area (Å²) >= 11 is 0. The van der Waals surface area contributed by atoms with E-state index in [0.29, 0.717) is 5.75 Å². The molecule has 1 aromatic carbocycles. The van der Waals surface area contributed by atoms with Crippen LogP contribution in [0.5, 0.6) is 0 Å². The zero-order valence-corrected chi connectivity index (χ0v) is 14.2. The zero-order chi connectivity index (χ0) is 15.5. The van der Waals surface area contributed by atoms with Crippen LogP contribution < -0.4 is 5.32 Å². The largest absolute Gasteiger partial charge is 0.309 e. The molecule has 2 unspecified atom stereocenters. The topological polar surface area (TPSA) is 46.2 Å². The summed E-state index contributed by atoms with van der Waals surface area (Å²) in [5.41, 5.74) is 3.51. The van der Waals surface area contributed by atoms with Crippen LogP contribution >= 0.6 is 0 Å². The highest BCUT2D eigenvalue weighted by molar-refractivity contribution is 7.92. The van der Waals surface area contributed by atoms with Crippen molar-refractivity contribution in [2.75, 3.05) is 12.3 Å². The molecule has 0 aliphatic carbocycles. The van der Waals surface area contributed by atoms with Gasteiger partial charge in [-0.1, -0.05) is 37.1 Å². The van der Waals surface area contributed by atoms with E-state index < -0.39 is 9.84 Å². The van der Waals surface area contributed by atoms with Crippen molar-refractivity contribution in [3.63, 3.8) is 0 Å². The molecule has 2 atom stereocenters. The number of nitrogens with one attached hydrogen (secondary N) is 1. The van der Waals surface area contributed by atoms with Crippen LogP contribution in [0.4, 0.5) is 0 Å². The Morgan fingerprint density at radius 2 is 2.05 bits per heavy atom. The van der Waals surface area contributed by atoms with Gasteiger partial charge in [0.2, 0.25) is 0 Å². The highest BCUT2D eigenvalue weighted by Gasteiger charge is 2.36. The van der Waals surface area contributed by atoms with Crippen LogP contribution in [0.1, 0.15) is 55.3 Å². The maximum Gasteiger partial charge on any atom is 0.155 e. The Morgan fingerprint density at radius 1 is 1.29 bits per heavy atom. The molecule has 1 fully saturated rings. The van der Waals surface area contributed by atoms with Crippen molar-refractivity contribution in [2.45, 2.75) is 57.7 Å². The second-order valence-corrected chi connectivity index (χ2v) is 8.53. The molecule has 3 nitrogen and oxygen atoms in total. The maximum atomic E-state index is 12.5. The molecule has 0 amide bonds. The number of hydrogen-bond donors (Lipinski definition) is 1. The van der Waals surface area contributed by atoms with Gasteiger partial charge in [-0.25, -0.2) is 8.42 Å². The van der Waals surface area contributed by atoms with E-state index in [0.717, 1.165) is 37.8 Å². The van der Waals surface area contributed by atoms with E-state index in [1.807, 2.05) is 0 Å². The van der Waals surface area contributed by atoms with E-state index in [9.17, 15) is 8.42 Å². The Labute approximate surface area is 129 Å². The first-order valence-electron chi connectivity index (χ1n) is 7.98. The number of aryl methyl sites for hydroxylation is 2. The van der Waals surface area contributed by atoms with Gasteiger partial charge in [-0.15, -0.1) is 0 Å². The van der Waals surface area contributed by atoms with Gasteiger partial charge in [-0.05, 0) is 50.8 Å². The first kappa shape index (κ1) is 16.5. The smallest absolute Gasteiger partial charge is 0.155 e. The lowest BCUT2D eigenvalue weighted by Crippen LogP contribution is -2.41. The quantitative estimate of drug-likeness (QED) is 0.907. The van der Waals surface area contributed by atoms with Gasteiger partial charge in [-0.2, -0.15) is 0 Å². The maximum absolute atomic E-state index is 12.5. The van der Waals surface area contributed by atoms with Crippen molar-refractivity contribution < 1.29 is 8.42 Å². The molecule has 0 aromatic heterocycles. The minimum Gasteiger partial charge on any atom is -0.309 e. The Kier molecular flexibility index (Phi) is 5.44. The van der Waals surface area contributed by atoms with Crippen LogP contribution in [0.15, 0.2) is 18.2 Å². The summed E-state index contributed by atoms with van der Waals surface area (Å²) < 4.78 is 25.0. The molecule has 1 N–H and O–H groups in total. The lowest BCUT2D eigenvalue weighted by molar-refractivity contribution is 0.445. The van der Waals surface area contributed by atoms with Crippen LogP contribution in [0.3, 0.4) is 0 Å². The number of rotatable bonds is 5. The molecule has 1 aliphatic heterocycles. The van der Waals surface area contributed by atoms with Gasteiger partial charge in [0, 0.05) is 6.04 Å². The molecule has 0 bridgehead atoms. The number of benzene rings is 1. The Morgan fingerprint density at radius 3 is 2.71 bits per heavy atom. The SMILES string of the molecule is CCCNC(c1cc(C)ccc1C)C1CCCCS1(=O)=O. The van der Waals surface area contributed by atoms with Gasteiger partial charge >= 0.3 is 0 Å². The van der Waals surface area contributed by atoms with E-state index in [2.05, 4.69) is 44.3 Å². The third-order valence-electron chi connectivity index (χ3n) is 4.38. The lowest BCUT2D eigenvalue weighted by Gasteiger charge is -2.32. The van der Waals surface area contributed by atoms with Crippen molar-refractivity contribution in [2.24, 2.45) is 0 Å². The van der Waals surface area contributed by atoms with E-state index >= 15 is 0 Å². The summed E-state index contributed by atoms with van der Waals surface area (Å²) in [6.45, 7) is 7.10. The minimum absolute atomic E-state index is 0.0739. The first-order chi connectivity index (χ1) is 9.95. The van der Waals surface area contributed by atoms with Crippen molar-refractivity contribution in [1.29, 1.82) is 0 Å². The van der Waals surface area contributed by atoms with E-state index in [4.69, 9.17) is 0 Å². The predicted octanol–water partition coefficient (Wildman–Crippen LogP) is 3.31. The van der Waals surface area contributed by atoms with Crippen molar-refractivity contribution >= 4 is 9.84 Å². The average Bonchev–Trinajstić information content (AvgIpc) is 2.44. The summed E-state index contributed by atoms with van der Waals surface area (Å²) in [6, 6.07) is 6.26. The second-order valence-electron chi connectivity index (χ2n) is 6.19. The molecule has 1 heterocycles. The summed E-state index contributed by atoms with van der Waals surface area (Å²) in [5.74, 6) is 0.340. The monoisotopic (exact) mass is 309 g/mol. The summed E-state index contributed by atoms with van der Waals surface area (Å²) in [5, 5.41) is 3.22. The summed E-state index contributed by atoms with van der Waals surface area (Å²) in [4.78, 5) is 0. The van der Waals surface area contributed by atoms with Crippen LogP contribution in [0.2, 0.25) is 0 Å². The van der Waals surface area contributed by atoms with E-state index in [-0.39, 0.29) is 11.3 Å². The van der Waals surface area contributed by atoms with Crippen molar-refractivity contribution in [3.8, 4) is 0 Å². The molecule has 1 aromatic rings. The fraction of sp³-hybridized carbons (Fsp3) is 0.647. The average molecular weight is 309 g/mol. The molecule has 21 heavy (non-hydrogen) atoms. The van der Waals surface area contributed by atoms with Crippen molar-refractivity contribution in [3.05, 3.63) is 34.9 Å². The number of sulfone groups is 1. The first-order valence-corrected chi connectivity index (χ1v) is 9.69. The molecule has 0 spiro atoms. The van der Waals surface area contributed by atoms with Gasteiger partial charge in [0.1, 0.15) is 0 Å². The van der Waals surface area contributed by atoms with Gasteiger partial charge in [0.15, 0.2) is 9.84 Å². The molecule has 1 aliphatic rings.